The third-order valence-electron chi connectivity index (χ3n) is 4.04. The van der Waals surface area contributed by atoms with Gasteiger partial charge in [0, 0.05) is 24.5 Å². The number of anilines is 1. The standard InChI is InChI=1S/C21H18FN5S/c1-2-10-24-21-25-13-19(28-21)18-12-17(14-6-8-15(22)9-7-14)26-20(27-18)16-5-3-4-11-23-16/h3-9,11-13H,2,10H2,1H3,(H,24,25). The Bertz CT molecular complexity index is 1060. The van der Waals surface area contributed by atoms with Crippen molar-refractivity contribution in [1.29, 1.82) is 0 Å². The van der Waals surface area contributed by atoms with E-state index in [0.29, 0.717) is 17.2 Å². The lowest BCUT2D eigenvalue weighted by Crippen LogP contribution is -1.97. The van der Waals surface area contributed by atoms with E-state index in [2.05, 4.69) is 27.2 Å². The summed E-state index contributed by atoms with van der Waals surface area (Å²) in [5, 5.41) is 4.15. The molecule has 0 fully saturated rings. The predicted molar refractivity (Wildman–Crippen MR) is 111 cm³/mol. The Hall–Kier alpha value is -3.19. The predicted octanol–water partition coefficient (Wildman–Crippen LogP) is 5.29. The van der Waals surface area contributed by atoms with Crippen LogP contribution in [0.3, 0.4) is 0 Å². The quantitative estimate of drug-likeness (QED) is 0.484. The van der Waals surface area contributed by atoms with Crippen molar-refractivity contribution in [1.82, 2.24) is 19.9 Å². The van der Waals surface area contributed by atoms with Crippen LogP contribution in [-0.2, 0) is 0 Å². The Morgan fingerprint density at radius 1 is 0.964 bits per heavy atom. The highest BCUT2D eigenvalue weighted by molar-refractivity contribution is 7.18. The molecule has 1 N–H and O–H groups in total. The lowest BCUT2D eigenvalue weighted by Gasteiger charge is -2.07. The maximum absolute atomic E-state index is 13.3. The molecule has 0 saturated heterocycles. The van der Waals surface area contributed by atoms with Crippen LogP contribution in [0.2, 0.25) is 0 Å². The molecule has 140 valence electrons. The fraction of sp³-hybridized carbons (Fsp3) is 0.143. The summed E-state index contributed by atoms with van der Waals surface area (Å²) in [5.41, 5.74) is 2.97. The second kappa shape index (κ2) is 8.22. The van der Waals surface area contributed by atoms with E-state index in [9.17, 15) is 4.39 Å². The second-order valence-electron chi connectivity index (χ2n) is 6.14. The number of benzene rings is 1. The molecule has 0 aliphatic rings. The molecule has 1 aromatic carbocycles. The minimum Gasteiger partial charge on any atom is -0.362 e. The van der Waals surface area contributed by atoms with Crippen LogP contribution in [0.25, 0.3) is 33.3 Å². The van der Waals surface area contributed by atoms with Gasteiger partial charge in [0.25, 0.3) is 0 Å². The van der Waals surface area contributed by atoms with E-state index in [0.717, 1.165) is 34.2 Å². The molecular weight excluding hydrogens is 373 g/mol. The molecule has 4 aromatic rings. The molecule has 28 heavy (non-hydrogen) atoms. The molecule has 4 rings (SSSR count). The zero-order chi connectivity index (χ0) is 19.3. The Labute approximate surface area is 166 Å². The van der Waals surface area contributed by atoms with E-state index < -0.39 is 0 Å². The van der Waals surface area contributed by atoms with Crippen LogP contribution in [0.4, 0.5) is 9.52 Å². The van der Waals surface area contributed by atoms with Crippen molar-refractivity contribution in [3.8, 4) is 33.3 Å². The third-order valence-corrected chi connectivity index (χ3v) is 5.02. The monoisotopic (exact) mass is 391 g/mol. The molecule has 5 nitrogen and oxygen atoms in total. The molecule has 0 saturated carbocycles. The molecular formula is C21H18FN5S. The van der Waals surface area contributed by atoms with Crippen molar-refractivity contribution < 1.29 is 4.39 Å². The first kappa shape index (κ1) is 18.2. The van der Waals surface area contributed by atoms with Gasteiger partial charge in [-0.15, -0.1) is 0 Å². The molecule has 7 heteroatoms. The van der Waals surface area contributed by atoms with Gasteiger partial charge in [0.2, 0.25) is 0 Å². The fourth-order valence-corrected chi connectivity index (χ4v) is 3.46. The molecule has 0 bridgehead atoms. The van der Waals surface area contributed by atoms with E-state index >= 15 is 0 Å². The highest BCUT2D eigenvalue weighted by atomic mass is 32.1. The number of pyridine rings is 1. The highest BCUT2D eigenvalue weighted by Gasteiger charge is 2.13. The maximum Gasteiger partial charge on any atom is 0.183 e. The highest BCUT2D eigenvalue weighted by Crippen LogP contribution is 2.31. The van der Waals surface area contributed by atoms with E-state index in [4.69, 9.17) is 4.98 Å². The molecule has 3 aromatic heterocycles. The van der Waals surface area contributed by atoms with Gasteiger partial charge in [-0.2, -0.15) is 0 Å². The first-order chi connectivity index (χ1) is 13.7. The number of nitrogens with zero attached hydrogens (tertiary/aromatic N) is 4. The van der Waals surface area contributed by atoms with Crippen molar-refractivity contribution in [2.45, 2.75) is 13.3 Å². The summed E-state index contributed by atoms with van der Waals surface area (Å²) in [5.74, 6) is 0.242. The molecule has 0 aliphatic heterocycles. The molecule has 3 heterocycles. The van der Waals surface area contributed by atoms with Gasteiger partial charge in [-0.25, -0.2) is 19.3 Å². The number of rotatable bonds is 6. The van der Waals surface area contributed by atoms with Gasteiger partial charge in [0.1, 0.15) is 11.5 Å². The summed E-state index contributed by atoms with van der Waals surface area (Å²) in [6, 6.07) is 13.8. The van der Waals surface area contributed by atoms with Crippen LogP contribution < -0.4 is 5.32 Å². The summed E-state index contributed by atoms with van der Waals surface area (Å²) >= 11 is 1.54. The van der Waals surface area contributed by atoms with Gasteiger partial charge in [0.15, 0.2) is 11.0 Å². The molecule has 0 aliphatic carbocycles. The second-order valence-corrected chi connectivity index (χ2v) is 7.17. The van der Waals surface area contributed by atoms with Gasteiger partial charge in [-0.3, -0.25) is 4.98 Å². The van der Waals surface area contributed by atoms with Crippen LogP contribution in [0.15, 0.2) is 60.9 Å². The van der Waals surface area contributed by atoms with Crippen LogP contribution >= 0.6 is 11.3 Å². The van der Waals surface area contributed by atoms with E-state index in [1.54, 1.807) is 29.7 Å². The zero-order valence-corrected chi connectivity index (χ0v) is 16.1. The SMILES string of the molecule is CCCNc1ncc(-c2cc(-c3ccc(F)cc3)nc(-c3ccccn3)n2)s1. The minimum absolute atomic E-state index is 0.280. The fourth-order valence-electron chi connectivity index (χ4n) is 2.66. The maximum atomic E-state index is 13.3. The Morgan fingerprint density at radius 2 is 1.79 bits per heavy atom. The number of aromatic nitrogens is 4. The number of halogens is 1. The summed E-state index contributed by atoms with van der Waals surface area (Å²) in [6.07, 6.45) is 4.55. The third kappa shape index (κ3) is 4.04. The molecule has 0 spiro atoms. The zero-order valence-electron chi connectivity index (χ0n) is 15.3. The summed E-state index contributed by atoms with van der Waals surface area (Å²) in [4.78, 5) is 19.1. The lowest BCUT2D eigenvalue weighted by atomic mass is 10.1. The average Bonchev–Trinajstić information content (AvgIpc) is 3.22. The van der Waals surface area contributed by atoms with Gasteiger partial charge in [0.05, 0.1) is 16.3 Å². The Balaban J connectivity index is 1.80. The van der Waals surface area contributed by atoms with Crippen LogP contribution in [0.5, 0.6) is 0 Å². The first-order valence-electron chi connectivity index (χ1n) is 8.99. The number of hydrogen-bond acceptors (Lipinski definition) is 6. The summed E-state index contributed by atoms with van der Waals surface area (Å²) in [6.45, 7) is 2.98. The summed E-state index contributed by atoms with van der Waals surface area (Å²) < 4.78 is 13.3. The van der Waals surface area contributed by atoms with Gasteiger partial charge in [-0.1, -0.05) is 24.3 Å². The minimum atomic E-state index is -0.280. The molecule has 0 unspecified atom stereocenters. The van der Waals surface area contributed by atoms with Crippen LogP contribution in [0, 0.1) is 5.82 Å². The smallest absolute Gasteiger partial charge is 0.183 e. The normalized spacial score (nSPS) is 10.8. The summed E-state index contributed by atoms with van der Waals surface area (Å²) in [7, 11) is 0. The van der Waals surface area contributed by atoms with E-state index in [1.165, 1.54) is 12.1 Å². The Morgan fingerprint density at radius 3 is 2.54 bits per heavy atom. The molecule has 0 radical (unpaired) electrons. The largest absolute Gasteiger partial charge is 0.362 e. The van der Waals surface area contributed by atoms with E-state index in [1.807, 2.05) is 30.5 Å². The number of thiazole rings is 1. The van der Waals surface area contributed by atoms with Gasteiger partial charge < -0.3 is 5.32 Å². The van der Waals surface area contributed by atoms with E-state index in [-0.39, 0.29) is 5.82 Å². The Kier molecular flexibility index (Phi) is 5.34. The average molecular weight is 391 g/mol. The van der Waals surface area contributed by atoms with Crippen molar-refractivity contribution in [2.24, 2.45) is 0 Å². The molecule has 0 amide bonds. The van der Waals surface area contributed by atoms with Crippen LogP contribution in [0.1, 0.15) is 13.3 Å². The van der Waals surface area contributed by atoms with Crippen molar-refractivity contribution in [3.63, 3.8) is 0 Å². The topological polar surface area (TPSA) is 63.6 Å². The lowest BCUT2D eigenvalue weighted by molar-refractivity contribution is 0.628. The van der Waals surface area contributed by atoms with Crippen molar-refractivity contribution in [3.05, 3.63) is 66.7 Å². The van der Waals surface area contributed by atoms with Gasteiger partial charge >= 0.3 is 0 Å². The van der Waals surface area contributed by atoms with Gasteiger partial charge in [-0.05, 0) is 48.9 Å². The van der Waals surface area contributed by atoms with Crippen LogP contribution in [-0.4, -0.2) is 26.5 Å². The molecule has 0 atom stereocenters. The number of nitrogens with one attached hydrogen (secondary N) is 1. The number of hydrogen-bond donors (Lipinski definition) is 1. The van der Waals surface area contributed by atoms with Crippen molar-refractivity contribution >= 4 is 16.5 Å². The van der Waals surface area contributed by atoms with Crippen molar-refractivity contribution in [2.75, 3.05) is 11.9 Å². The first-order valence-corrected chi connectivity index (χ1v) is 9.81.